The zero-order valence-electron chi connectivity index (χ0n) is 7.49. The average molecular weight is 191 g/mol. The van der Waals surface area contributed by atoms with Gasteiger partial charge in [-0.25, -0.2) is 0 Å². The van der Waals surface area contributed by atoms with E-state index in [9.17, 15) is 0 Å². The van der Waals surface area contributed by atoms with Crippen molar-refractivity contribution in [3.8, 4) is 0 Å². The molecule has 1 N–H and O–H groups in total. The highest BCUT2D eigenvalue weighted by Gasteiger charge is 2.25. The lowest BCUT2D eigenvalue weighted by molar-refractivity contribution is 0.893. The second-order valence-electron chi connectivity index (χ2n) is 3.48. The van der Waals surface area contributed by atoms with E-state index in [4.69, 9.17) is 12.2 Å². The van der Waals surface area contributed by atoms with Crippen LogP contribution in [0.4, 0.5) is 0 Å². The molecule has 0 spiro atoms. The van der Waals surface area contributed by atoms with Crippen molar-refractivity contribution in [2.45, 2.75) is 19.4 Å². The minimum atomic E-state index is 0.679. The van der Waals surface area contributed by atoms with Crippen molar-refractivity contribution < 1.29 is 0 Å². The number of hydrogen-bond donors (Lipinski definition) is 1. The Morgan fingerprint density at radius 2 is 2.00 bits per heavy atom. The van der Waals surface area contributed by atoms with Crippen molar-refractivity contribution in [1.82, 2.24) is 5.32 Å². The summed E-state index contributed by atoms with van der Waals surface area (Å²) < 4.78 is 0. The Morgan fingerprint density at radius 3 is 2.62 bits per heavy atom. The van der Waals surface area contributed by atoms with E-state index in [1.165, 1.54) is 18.4 Å². The molecule has 1 aliphatic rings. The molecule has 1 aromatic carbocycles. The largest absolute Gasteiger partial charge is 0.375 e. The molecule has 0 aromatic heterocycles. The third-order valence-electron chi connectivity index (χ3n) is 2.26. The van der Waals surface area contributed by atoms with Gasteiger partial charge >= 0.3 is 0 Å². The summed E-state index contributed by atoms with van der Waals surface area (Å²) in [7, 11) is 0. The highest BCUT2D eigenvalue weighted by Crippen LogP contribution is 2.29. The Kier molecular flexibility index (Phi) is 2.60. The molecule has 1 aliphatic carbocycles. The normalized spacial score (nSPS) is 15.4. The lowest BCUT2D eigenvalue weighted by Gasteiger charge is -2.05. The maximum atomic E-state index is 5.23. The maximum absolute atomic E-state index is 5.23. The topological polar surface area (TPSA) is 12.0 Å². The van der Waals surface area contributed by atoms with Gasteiger partial charge in [0, 0.05) is 12.5 Å². The average Bonchev–Trinajstić information content (AvgIpc) is 2.99. The van der Waals surface area contributed by atoms with Gasteiger partial charge in [0.15, 0.2) is 0 Å². The molecule has 0 bridgehead atoms. The summed E-state index contributed by atoms with van der Waals surface area (Å²) in [4.78, 5) is 1.05. The first kappa shape index (κ1) is 8.70. The zero-order chi connectivity index (χ0) is 9.10. The molecule has 0 unspecified atom stereocenters. The minimum Gasteiger partial charge on any atom is -0.375 e. The van der Waals surface area contributed by atoms with Gasteiger partial charge in [-0.2, -0.15) is 0 Å². The molecule has 0 saturated heterocycles. The fourth-order valence-corrected chi connectivity index (χ4v) is 1.58. The summed E-state index contributed by atoms with van der Waals surface area (Å²) in [6.45, 7) is 0.871. The third kappa shape index (κ3) is 2.52. The standard InChI is InChI=1S/C11H13NS/c13-11(10-6-7-10)12-8-9-4-2-1-3-5-9/h1-5,10H,6-8H2,(H,12,13). The Hall–Kier alpha value is -0.890. The Bertz CT molecular complexity index is 290. The smallest absolute Gasteiger partial charge is 0.0787 e. The van der Waals surface area contributed by atoms with Gasteiger partial charge in [-0.15, -0.1) is 0 Å². The molecule has 68 valence electrons. The molecule has 1 saturated carbocycles. The number of hydrogen-bond acceptors (Lipinski definition) is 1. The Morgan fingerprint density at radius 1 is 1.31 bits per heavy atom. The SMILES string of the molecule is S=C(NCc1ccccc1)C1CC1. The summed E-state index contributed by atoms with van der Waals surface area (Å²) in [6, 6.07) is 10.4. The molecule has 0 atom stereocenters. The number of benzene rings is 1. The quantitative estimate of drug-likeness (QED) is 0.737. The van der Waals surface area contributed by atoms with Crippen LogP contribution in [0.15, 0.2) is 30.3 Å². The van der Waals surface area contributed by atoms with Gasteiger partial charge < -0.3 is 5.32 Å². The fourth-order valence-electron chi connectivity index (χ4n) is 1.27. The van der Waals surface area contributed by atoms with E-state index in [2.05, 4.69) is 29.6 Å². The van der Waals surface area contributed by atoms with Crippen LogP contribution in [0.3, 0.4) is 0 Å². The molecule has 1 nitrogen and oxygen atoms in total. The van der Waals surface area contributed by atoms with Gasteiger partial charge in [0.2, 0.25) is 0 Å². The number of rotatable bonds is 3. The maximum Gasteiger partial charge on any atom is 0.0787 e. The molecule has 0 heterocycles. The summed E-state index contributed by atoms with van der Waals surface area (Å²) in [6.07, 6.45) is 2.56. The van der Waals surface area contributed by atoms with Crippen LogP contribution in [-0.2, 0) is 6.54 Å². The van der Waals surface area contributed by atoms with Crippen LogP contribution in [0.2, 0.25) is 0 Å². The summed E-state index contributed by atoms with van der Waals surface area (Å²) in [5.41, 5.74) is 1.30. The van der Waals surface area contributed by atoms with Gasteiger partial charge in [0.1, 0.15) is 0 Å². The van der Waals surface area contributed by atoms with Crippen molar-refractivity contribution in [2.75, 3.05) is 0 Å². The second-order valence-corrected chi connectivity index (χ2v) is 3.92. The van der Waals surface area contributed by atoms with E-state index in [1.54, 1.807) is 0 Å². The zero-order valence-corrected chi connectivity index (χ0v) is 8.31. The number of nitrogens with one attached hydrogen (secondary N) is 1. The van der Waals surface area contributed by atoms with Crippen molar-refractivity contribution in [2.24, 2.45) is 5.92 Å². The molecule has 13 heavy (non-hydrogen) atoms. The van der Waals surface area contributed by atoms with Gasteiger partial charge in [0.25, 0.3) is 0 Å². The van der Waals surface area contributed by atoms with Crippen molar-refractivity contribution in [1.29, 1.82) is 0 Å². The predicted octanol–water partition coefficient (Wildman–Crippen LogP) is 2.51. The second kappa shape index (κ2) is 3.88. The molecular formula is C11H13NS. The molecular weight excluding hydrogens is 178 g/mol. The third-order valence-corrected chi connectivity index (χ3v) is 2.74. The van der Waals surface area contributed by atoms with Crippen molar-refractivity contribution >= 4 is 17.2 Å². The van der Waals surface area contributed by atoms with Gasteiger partial charge in [-0.3, -0.25) is 0 Å². The van der Waals surface area contributed by atoms with Crippen molar-refractivity contribution in [3.05, 3.63) is 35.9 Å². The monoisotopic (exact) mass is 191 g/mol. The first-order valence-corrected chi connectivity index (χ1v) is 5.09. The minimum absolute atomic E-state index is 0.679. The molecule has 1 aromatic rings. The summed E-state index contributed by atoms with van der Waals surface area (Å²) in [5.74, 6) is 0.679. The van der Waals surface area contributed by atoms with Gasteiger partial charge in [-0.1, -0.05) is 42.5 Å². The van der Waals surface area contributed by atoms with Crippen LogP contribution < -0.4 is 5.32 Å². The highest BCUT2D eigenvalue weighted by molar-refractivity contribution is 7.80. The van der Waals surface area contributed by atoms with E-state index in [0.29, 0.717) is 5.92 Å². The van der Waals surface area contributed by atoms with E-state index in [1.807, 2.05) is 6.07 Å². The van der Waals surface area contributed by atoms with E-state index >= 15 is 0 Å². The van der Waals surface area contributed by atoms with E-state index in [-0.39, 0.29) is 0 Å². The predicted molar refractivity (Wildman–Crippen MR) is 58.6 cm³/mol. The molecule has 0 aliphatic heterocycles. The molecule has 2 heteroatoms. The first-order valence-electron chi connectivity index (χ1n) is 4.68. The highest BCUT2D eigenvalue weighted by atomic mass is 32.1. The summed E-state index contributed by atoms with van der Waals surface area (Å²) in [5, 5.41) is 3.29. The van der Waals surface area contributed by atoms with Gasteiger partial charge in [0.05, 0.1) is 4.99 Å². The lowest BCUT2D eigenvalue weighted by Crippen LogP contribution is -2.22. The fraction of sp³-hybridized carbons (Fsp3) is 0.364. The van der Waals surface area contributed by atoms with Crippen LogP contribution >= 0.6 is 12.2 Å². The van der Waals surface area contributed by atoms with Crippen LogP contribution in [0, 0.1) is 5.92 Å². The van der Waals surface area contributed by atoms with Crippen molar-refractivity contribution in [3.63, 3.8) is 0 Å². The van der Waals surface area contributed by atoms with E-state index < -0.39 is 0 Å². The first-order chi connectivity index (χ1) is 6.36. The Balaban J connectivity index is 1.82. The molecule has 2 rings (SSSR count). The summed E-state index contributed by atoms with van der Waals surface area (Å²) >= 11 is 5.23. The molecule has 1 fully saturated rings. The van der Waals surface area contributed by atoms with Crippen LogP contribution in [0.25, 0.3) is 0 Å². The van der Waals surface area contributed by atoms with E-state index in [0.717, 1.165) is 11.5 Å². The lowest BCUT2D eigenvalue weighted by atomic mass is 10.2. The molecule has 0 amide bonds. The molecule has 0 radical (unpaired) electrons. The van der Waals surface area contributed by atoms with Gasteiger partial charge in [-0.05, 0) is 18.4 Å². The van der Waals surface area contributed by atoms with Crippen LogP contribution in [0.1, 0.15) is 18.4 Å². The number of thiocarbonyl (C=S) groups is 1. The Labute approximate surface area is 84.2 Å². The van der Waals surface area contributed by atoms with Crippen LogP contribution in [-0.4, -0.2) is 4.99 Å². The van der Waals surface area contributed by atoms with Crippen LogP contribution in [0.5, 0.6) is 0 Å².